The Labute approximate surface area is 124 Å². The maximum atomic E-state index is 5.65. The topological polar surface area (TPSA) is 90.9 Å². The van der Waals surface area contributed by atoms with E-state index in [1.165, 1.54) is 6.33 Å². The highest BCUT2D eigenvalue weighted by molar-refractivity contribution is 5.18. The van der Waals surface area contributed by atoms with Crippen molar-refractivity contribution in [3.8, 4) is 5.88 Å². The summed E-state index contributed by atoms with van der Waals surface area (Å²) >= 11 is 0. The van der Waals surface area contributed by atoms with E-state index in [9.17, 15) is 0 Å². The quantitative estimate of drug-likeness (QED) is 0.591. The second kappa shape index (κ2) is 7.14. The van der Waals surface area contributed by atoms with Crippen LogP contribution in [0.25, 0.3) is 0 Å². The molecule has 2 rings (SSSR count). The number of hydrazine groups is 1. The van der Waals surface area contributed by atoms with Crippen LogP contribution < -0.4 is 16.0 Å². The van der Waals surface area contributed by atoms with E-state index < -0.39 is 0 Å². The number of hydrogen-bond donors (Lipinski definition) is 2. The van der Waals surface area contributed by atoms with Crippen molar-refractivity contribution in [1.29, 1.82) is 0 Å². The van der Waals surface area contributed by atoms with Gasteiger partial charge >= 0.3 is 0 Å². The second-order valence-corrected chi connectivity index (χ2v) is 4.95. The number of ether oxygens (including phenoxy) is 1. The van der Waals surface area contributed by atoms with Gasteiger partial charge in [0.25, 0.3) is 0 Å². The summed E-state index contributed by atoms with van der Waals surface area (Å²) in [5, 5.41) is 4.58. The molecule has 0 aliphatic carbocycles. The maximum absolute atomic E-state index is 5.65. The van der Waals surface area contributed by atoms with E-state index in [-0.39, 0.29) is 6.04 Å². The van der Waals surface area contributed by atoms with Crippen LogP contribution in [0.4, 0.5) is 0 Å². The Hall–Kier alpha value is -1.99. The van der Waals surface area contributed by atoms with Crippen LogP contribution in [0, 0.1) is 0 Å². The van der Waals surface area contributed by atoms with Crippen LogP contribution in [0.5, 0.6) is 5.88 Å². The molecular formula is C14H22N6O. The third kappa shape index (κ3) is 3.77. The molecule has 0 bridgehead atoms. The van der Waals surface area contributed by atoms with Gasteiger partial charge in [0.15, 0.2) is 0 Å². The molecule has 3 N–H and O–H groups in total. The molecule has 2 heterocycles. The van der Waals surface area contributed by atoms with Crippen molar-refractivity contribution in [2.45, 2.75) is 38.8 Å². The minimum atomic E-state index is -0.137. The van der Waals surface area contributed by atoms with Crippen LogP contribution in [0.15, 0.2) is 24.7 Å². The van der Waals surface area contributed by atoms with Crippen LogP contribution in [0.3, 0.4) is 0 Å². The molecule has 0 spiro atoms. The normalized spacial score (nSPS) is 13.9. The van der Waals surface area contributed by atoms with Gasteiger partial charge in [-0.1, -0.05) is 6.92 Å². The van der Waals surface area contributed by atoms with E-state index in [1.54, 1.807) is 13.2 Å². The SMILES string of the molecule is CCC(C)n1ccc(CC(NN)c2cc(OC)ncn2)n1. The third-order valence-corrected chi connectivity index (χ3v) is 3.55. The molecular weight excluding hydrogens is 268 g/mol. The largest absolute Gasteiger partial charge is 0.481 e. The van der Waals surface area contributed by atoms with Gasteiger partial charge in [0.05, 0.1) is 24.5 Å². The van der Waals surface area contributed by atoms with Crippen LogP contribution >= 0.6 is 0 Å². The predicted molar refractivity (Wildman–Crippen MR) is 79.6 cm³/mol. The maximum Gasteiger partial charge on any atom is 0.216 e. The Morgan fingerprint density at radius 2 is 2.24 bits per heavy atom. The van der Waals surface area contributed by atoms with Gasteiger partial charge in [-0.05, 0) is 19.4 Å². The van der Waals surface area contributed by atoms with Gasteiger partial charge in [0, 0.05) is 24.7 Å². The van der Waals surface area contributed by atoms with Crippen molar-refractivity contribution in [1.82, 2.24) is 25.2 Å². The number of nitrogens with one attached hydrogen (secondary N) is 1. The van der Waals surface area contributed by atoms with Crippen LogP contribution in [0.1, 0.15) is 43.7 Å². The number of aromatic nitrogens is 4. The van der Waals surface area contributed by atoms with Gasteiger partial charge < -0.3 is 4.74 Å². The Balaban J connectivity index is 2.13. The fourth-order valence-electron chi connectivity index (χ4n) is 2.03. The van der Waals surface area contributed by atoms with E-state index in [4.69, 9.17) is 10.6 Å². The molecule has 0 aliphatic heterocycles. The summed E-state index contributed by atoms with van der Waals surface area (Å²) in [7, 11) is 1.57. The van der Waals surface area contributed by atoms with Crippen LogP contribution in [-0.4, -0.2) is 26.9 Å². The highest BCUT2D eigenvalue weighted by Gasteiger charge is 2.15. The highest BCUT2D eigenvalue weighted by atomic mass is 16.5. The van der Waals surface area contributed by atoms with Crippen molar-refractivity contribution in [2.75, 3.05) is 7.11 Å². The first-order valence-corrected chi connectivity index (χ1v) is 7.04. The summed E-state index contributed by atoms with van der Waals surface area (Å²) in [5.74, 6) is 6.17. The van der Waals surface area contributed by atoms with Crippen LogP contribution in [-0.2, 0) is 6.42 Å². The molecule has 7 heteroatoms. The van der Waals surface area contributed by atoms with E-state index in [2.05, 4.69) is 34.3 Å². The van der Waals surface area contributed by atoms with Crippen molar-refractivity contribution in [3.05, 3.63) is 36.0 Å². The lowest BCUT2D eigenvalue weighted by Gasteiger charge is -2.14. The monoisotopic (exact) mass is 290 g/mol. The van der Waals surface area contributed by atoms with Gasteiger partial charge in [-0.15, -0.1) is 0 Å². The van der Waals surface area contributed by atoms with Gasteiger partial charge in [-0.25, -0.2) is 9.97 Å². The molecule has 0 saturated heterocycles. The molecule has 2 aromatic heterocycles. The predicted octanol–water partition coefficient (Wildman–Crippen LogP) is 1.40. The molecule has 0 aromatic carbocycles. The van der Waals surface area contributed by atoms with Gasteiger partial charge in [0.2, 0.25) is 5.88 Å². The Morgan fingerprint density at radius 3 is 2.90 bits per heavy atom. The zero-order valence-electron chi connectivity index (χ0n) is 12.7. The minimum Gasteiger partial charge on any atom is -0.481 e. The summed E-state index contributed by atoms with van der Waals surface area (Å²) in [5.41, 5.74) is 4.52. The molecule has 2 aromatic rings. The summed E-state index contributed by atoms with van der Waals surface area (Å²) in [6.45, 7) is 4.29. The van der Waals surface area contributed by atoms with Crippen molar-refractivity contribution in [3.63, 3.8) is 0 Å². The Bertz CT molecular complexity index is 570. The fourth-order valence-corrected chi connectivity index (χ4v) is 2.03. The number of methoxy groups -OCH3 is 1. The smallest absolute Gasteiger partial charge is 0.216 e. The summed E-state index contributed by atoms with van der Waals surface area (Å²) in [6.07, 6.45) is 5.16. The molecule has 0 fully saturated rings. The first-order valence-electron chi connectivity index (χ1n) is 7.04. The van der Waals surface area contributed by atoms with Gasteiger partial charge in [-0.3, -0.25) is 16.0 Å². The number of hydrogen-bond acceptors (Lipinski definition) is 6. The van der Waals surface area contributed by atoms with E-state index >= 15 is 0 Å². The molecule has 2 unspecified atom stereocenters. The number of rotatable bonds is 7. The minimum absolute atomic E-state index is 0.137. The summed E-state index contributed by atoms with van der Waals surface area (Å²) in [4.78, 5) is 8.24. The van der Waals surface area contributed by atoms with Gasteiger partial charge in [-0.2, -0.15) is 5.10 Å². The lowest BCUT2D eigenvalue weighted by molar-refractivity contribution is 0.393. The molecule has 0 aliphatic rings. The lowest BCUT2D eigenvalue weighted by atomic mass is 10.1. The Morgan fingerprint density at radius 1 is 1.43 bits per heavy atom. The number of nitrogens with two attached hydrogens (primary N) is 1. The first kappa shape index (κ1) is 15.4. The van der Waals surface area contributed by atoms with Crippen molar-refractivity contribution < 1.29 is 4.74 Å². The van der Waals surface area contributed by atoms with Crippen LogP contribution in [0.2, 0.25) is 0 Å². The average molecular weight is 290 g/mol. The van der Waals surface area contributed by atoms with E-state index in [1.807, 2.05) is 16.9 Å². The highest BCUT2D eigenvalue weighted by Crippen LogP contribution is 2.18. The Kier molecular flexibility index (Phi) is 5.24. The van der Waals surface area contributed by atoms with E-state index in [0.29, 0.717) is 18.3 Å². The molecule has 0 saturated carbocycles. The van der Waals surface area contributed by atoms with E-state index in [0.717, 1.165) is 17.8 Å². The van der Waals surface area contributed by atoms with Crippen molar-refractivity contribution >= 4 is 0 Å². The third-order valence-electron chi connectivity index (χ3n) is 3.55. The molecule has 7 nitrogen and oxygen atoms in total. The molecule has 0 radical (unpaired) electrons. The standard InChI is InChI=1S/C14H22N6O/c1-4-10(2)20-6-5-11(19-20)7-13(18-15)12-8-14(21-3)17-9-16-12/h5-6,8-10,13,18H,4,7,15H2,1-3H3. The summed E-state index contributed by atoms with van der Waals surface area (Å²) in [6, 6.07) is 4.04. The zero-order chi connectivity index (χ0) is 15.2. The average Bonchev–Trinajstić information content (AvgIpc) is 3.00. The fraction of sp³-hybridized carbons (Fsp3) is 0.500. The molecule has 0 amide bonds. The summed E-state index contributed by atoms with van der Waals surface area (Å²) < 4.78 is 7.09. The zero-order valence-corrected chi connectivity index (χ0v) is 12.7. The lowest BCUT2D eigenvalue weighted by Crippen LogP contribution is -2.30. The molecule has 114 valence electrons. The second-order valence-electron chi connectivity index (χ2n) is 4.95. The number of nitrogens with zero attached hydrogens (tertiary/aromatic N) is 4. The molecule has 21 heavy (non-hydrogen) atoms. The first-order chi connectivity index (χ1) is 10.2. The molecule has 2 atom stereocenters. The van der Waals surface area contributed by atoms with Gasteiger partial charge in [0.1, 0.15) is 6.33 Å². The van der Waals surface area contributed by atoms with Crippen molar-refractivity contribution in [2.24, 2.45) is 5.84 Å².